The minimum absolute atomic E-state index is 0.0340. The van der Waals surface area contributed by atoms with Crippen molar-refractivity contribution in [3.63, 3.8) is 0 Å². The zero-order valence-electron chi connectivity index (χ0n) is 12.5. The molecule has 2 rings (SSSR count). The number of hydrogen-bond donors (Lipinski definition) is 1. The molecule has 2 heterocycles. The first-order valence-corrected chi connectivity index (χ1v) is 8.04. The summed E-state index contributed by atoms with van der Waals surface area (Å²) in [6.07, 6.45) is 4.26. The Kier molecular flexibility index (Phi) is 4.33. The highest BCUT2D eigenvalue weighted by Gasteiger charge is 2.35. The predicted molar refractivity (Wildman–Crippen MR) is 80.7 cm³/mol. The van der Waals surface area contributed by atoms with E-state index in [1.807, 2.05) is 0 Å². The molecule has 2 atom stereocenters. The van der Waals surface area contributed by atoms with Crippen molar-refractivity contribution in [2.45, 2.75) is 70.4 Å². The van der Waals surface area contributed by atoms with Crippen molar-refractivity contribution in [2.24, 2.45) is 5.73 Å². The second-order valence-electron chi connectivity index (χ2n) is 6.81. The molecule has 0 aliphatic carbocycles. The molecule has 4 heteroatoms. The fourth-order valence-electron chi connectivity index (χ4n) is 2.40. The van der Waals surface area contributed by atoms with Gasteiger partial charge in [0.15, 0.2) is 0 Å². The number of hydrogen-bond acceptors (Lipinski definition) is 4. The van der Waals surface area contributed by atoms with Crippen molar-refractivity contribution in [3.05, 3.63) is 16.1 Å². The van der Waals surface area contributed by atoms with Gasteiger partial charge in [0.05, 0.1) is 16.3 Å². The van der Waals surface area contributed by atoms with Gasteiger partial charge in [-0.3, -0.25) is 0 Å². The molecule has 0 bridgehead atoms. The van der Waals surface area contributed by atoms with Crippen LogP contribution in [0.15, 0.2) is 5.38 Å². The average molecular weight is 282 g/mol. The molecule has 3 nitrogen and oxygen atoms in total. The highest BCUT2D eigenvalue weighted by Crippen LogP contribution is 2.30. The van der Waals surface area contributed by atoms with E-state index in [0.29, 0.717) is 0 Å². The Balaban J connectivity index is 2.02. The summed E-state index contributed by atoms with van der Waals surface area (Å²) < 4.78 is 5.93. The summed E-state index contributed by atoms with van der Waals surface area (Å²) >= 11 is 1.72. The number of aromatic nitrogens is 1. The number of rotatable bonds is 3. The maximum Gasteiger partial charge on any atom is 0.0945 e. The SMILES string of the molecule is CC(C)(C)c1csc(CC(N)C2(C)CCCCO2)n1. The van der Waals surface area contributed by atoms with Crippen LogP contribution in [0.3, 0.4) is 0 Å². The first-order valence-electron chi connectivity index (χ1n) is 7.16. The molecular formula is C15H26N2OS. The Morgan fingerprint density at radius 2 is 2.21 bits per heavy atom. The second-order valence-corrected chi connectivity index (χ2v) is 7.75. The van der Waals surface area contributed by atoms with Crippen LogP contribution in [0.1, 0.15) is 57.7 Å². The largest absolute Gasteiger partial charge is 0.374 e. The molecular weight excluding hydrogens is 256 g/mol. The van der Waals surface area contributed by atoms with Crippen molar-refractivity contribution in [3.8, 4) is 0 Å². The molecule has 0 aromatic carbocycles. The summed E-state index contributed by atoms with van der Waals surface area (Å²) in [6, 6.07) is 0.0340. The summed E-state index contributed by atoms with van der Waals surface area (Å²) in [5.74, 6) is 0. The molecule has 1 aromatic heterocycles. The van der Waals surface area contributed by atoms with Crippen molar-refractivity contribution in [2.75, 3.05) is 6.61 Å². The number of thiazole rings is 1. The van der Waals surface area contributed by atoms with Gasteiger partial charge in [0.1, 0.15) is 0 Å². The molecule has 1 aliphatic heterocycles. The van der Waals surface area contributed by atoms with Gasteiger partial charge in [-0.1, -0.05) is 20.8 Å². The Bertz CT molecular complexity index is 416. The van der Waals surface area contributed by atoms with Gasteiger partial charge in [-0.15, -0.1) is 11.3 Å². The highest BCUT2D eigenvalue weighted by atomic mass is 32.1. The standard InChI is InChI=1S/C15H26N2OS/c1-14(2,3)12-10-19-13(17-12)9-11(16)15(4)7-5-6-8-18-15/h10-11H,5-9,16H2,1-4H3. The monoisotopic (exact) mass is 282 g/mol. The summed E-state index contributed by atoms with van der Waals surface area (Å²) in [4.78, 5) is 4.73. The molecule has 1 saturated heterocycles. The van der Waals surface area contributed by atoms with Gasteiger partial charge < -0.3 is 10.5 Å². The Morgan fingerprint density at radius 1 is 1.47 bits per heavy atom. The topological polar surface area (TPSA) is 48.1 Å². The van der Waals surface area contributed by atoms with Gasteiger partial charge in [0.25, 0.3) is 0 Å². The van der Waals surface area contributed by atoms with E-state index in [1.54, 1.807) is 11.3 Å². The van der Waals surface area contributed by atoms with Crippen LogP contribution < -0.4 is 5.73 Å². The first kappa shape index (κ1) is 14.9. The van der Waals surface area contributed by atoms with Gasteiger partial charge in [0.2, 0.25) is 0 Å². The second kappa shape index (κ2) is 5.51. The van der Waals surface area contributed by atoms with Gasteiger partial charge in [-0.25, -0.2) is 4.98 Å². The number of nitrogens with two attached hydrogens (primary N) is 1. The van der Waals surface area contributed by atoms with Crippen molar-refractivity contribution in [1.29, 1.82) is 0 Å². The zero-order valence-corrected chi connectivity index (χ0v) is 13.3. The third-order valence-electron chi connectivity index (χ3n) is 4.00. The fraction of sp³-hybridized carbons (Fsp3) is 0.800. The minimum atomic E-state index is -0.175. The molecule has 2 unspecified atom stereocenters. The fourth-order valence-corrected chi connectivity index (χ4v) is 3.48. The van der Waals surface area contributed by atoms with E-state index in [9.17, 15) is 0 Å². The molecule has 1 aliphatic rings. The lowest BCUT2D eigenvalue weighted by molar-refractivity contribution is -0.0808. The lowest BCUT2D eigenvalue weighted by Crippen LogP contribution is -2.50. The van der Waals surface area contributed by atoms with Crippen molar-refractivity contribution in [1.82, 2.24) is 4.98 Å². The van der Waals surface area contributed by atoms with E-state index in [4.69, 9.17) is 15.5 Å². The van der Waals surface area contributed by atoms with Gasteiger partial charge in [-0.05, 0) is 26.2 Å². The van der Waals surface area contributed by atoms with Crippen molar-refractivity contribution < 1.29 is 4.74 Å². The lowest BCUT2D eigenvalue weighted by atomic mass is 9.87. The van der Waals surface area contributed by atoms with E-state index in [0.717, 1.165) is 36.6 Å². The van der Waals surface area contributed by atoms with Gasteiger partial charge in [0, 0.05) is 29.9 Å². The molecule has 0 saturated carbocycles. The van der Waals surface area contributed by atoms with Crippen LogP contribution in [-0.2, 0) is 16.6 Å². The lowest BCUT2D eigenvalue weighted by Gasteiger charge is -2.38. The maximum atomic E-state index is 6.37. The number of nitrogens with zero attached hydrogens (tertiary/aromatic N) is 1. The summed E-state index contributed by atoms with van der Waals surface area (Å²) in [6.45, 7) is 9.57. The van der Waals surface area contributed by atoms with Crippen LogP contribution in [0.2, 0.25) is 0 Å². The molecule has 0 radical (unpaired) electrons. The predicted octanol–water partition coefficient (Wildman–Crippen LogP) is 3.27. The highest BCUT2D eigenvalue weighted by molar-refractivity contribution is 7.09. The normalized spacial score (nSPS) is 26.4. The molecule has 0 spiro atoms. The van der Waals surface area contributed by atoms with Crippen LogP contribution >= 0.6 is 11.3 Å². The summed E-state index contributed by atoms with van der Waals surface area (Å²) in [5, 5.41) is 3.29. The van der Waals surface area contributed by atoms with E-state index in [1.165, 1.54) is 6.42 Å². The zero-order chi connectivity index (χ0) is 14.1. The van der Waals surface area contributed by atoms with E-state index >= 15 is 0 Å². The van der Waals surface area contributed by atoms with Gasteiger partial charge >= 0.3 is 0 Å². The third-order valence-corrected chi connectivity index (χ3v) is 4.87. The maximum absolute atomic E-state index is 6.37. The molecule has 19 heavy (non-hydrogen) atoms. The van der Waals surface area contributed by atoms with Gasteiger partial charge in [-0.2, -0.15) is 0 Å². The quantitative estimate of drug-likeness (QED) is 0.925. The minimum Gasteiger partial charge on any atom is -0.374 e. The average Bonchev–Trinajstić information content (AvgIpc) is 2.78. The van der Waals surface area contributed by atoms with Crippen LogP contribution in [0.4, 0.5) is 0 Å². The Hall–Kier alpha value is -0.450. The van der Waals surface area contributed by atoms with E-state index in [2.05, 4.69) is 33.1 Å². The van der Waals surface area contributed by atoms with Crippen molar-refractivity contribution >= 4 is 11.3 Å². The van der Waals surface area contributed by atoms with Crippen LogP contribution in [0, 0.1) is 0 Å². The first-order chi connectivity index (χ1) is 8.81. The molecule has 0 amide bonds. The van der Waals surface area contributed by atoms with Crippen LogP contribution in [0.25, 0.3) is 0 Å². The molecule has 2 N–H and O–H groups in total. The summed E-state index contributed by atoms with van der Waals surface area (Å²) in [7, 11) is 0. The van der Waals surface area contributed by atoms with E-state index in [-0.39, 0.29) is 17.1 Å². The molecule has 1 aromatic rings. The van der Waals surface area contributed by atoms with Crippen LogP contribution in [-0.4, -0.2) is 23.2 Å². The van der Waals surface area contributed by atoms with E-state index < -0.39 is 0 Å². The van der Waals surface area contributed by atoms with Crippen LogP contribution in [0.5, 0.6) is 0 Å². The Labute approximate surface area is 120 Å². The molecule has 108 valence electrons. The molecule has 1 fully saturated rings. The number of ether oxygens (including phenoxy) is 1. The summed E-state index contributed by atoms with van der Waals surface area (Å²) in [5.41, 5.74) is 7.48. The smallest absolute Gasteiger partial charge is 0.0945 e. The Morgan fingerprint density at radius 3 is 2.74 bits per heavy atom. The third kappa shape index (κ3) is 3.56.